The molecule has 0 atom stereocenters. The van der Waals surface area contributed by atoms with Gasteiger partial charge in [-0.15, -0.1) is 0 Å². The van der Waals surface area contributed by atoms with Crippen LogP contribution in [0.15, 0.2) is 42.5 Å². The van der Waals surface area contributed by atoms with Crippen LogP contribution in [0.4, 0.5) is 5.69 Å². The van der Waals surface area contributed by atoms with E-state index in [1.54, 1.807) is 36.4 Å². The number of imide groups is 1. The summed E-state index contributed by atoms with van der Waals surface area (Å²) in [6.07, 6.45) is 3.39. The highest BCUT2D eigenvalue weighted by molar-refractivity contribution is 6.77. The quantitative estimate of drug-likeness (QED) is 0.0860. The molecule has 1 heterocycles. The predicted octanol–water partition coefficient (Wildman–Crippen LogP) is 7.71. The van der Waals surface area contributed by atoms with Gasteiger partial charge in [-0.3, -0.25) is 14.4 Å². The van der Waals surface area contributed by atoms with Gasteiger partial charge in [0.2, 0.25) is 0 Å². The molecule has 2 aromatic rings. The van der Waals surface area contributed by atoms with Crippen LogP contribution in [0.1, 0.15) is 100 Å². The number of anilines is 1. The first-order valence-corrected chi connectivity index (χ1v) is 16.1. The number of carbonyl (C=O) groups excluding carboxylic acids is 3. The molecule has 0 spiro atoms. The maximum Gasteiger partial charge on any atom is 0.311 e. The zero-order chi connectivity index (χ0) is 28.0. The molecule has 1 aliphatic heterocycles. The Hall–Kier alpha value is -2.77. The molecule has 7 heteroatoms. The van der Waals surface area contributed by atoms with Gasteiger partial charge in [0, 0.05) is 19.1 Å². The van der Waals surface area contributed by atoms with Gasteiger partial charge in [0.15, 0.2) is 8.32 Å². The Labute approximate surface area is 228 Å². The number of hydrogen-bond acceptors (Lipinski definition) is 5. The third-order valence-corrected chi connectivity index (χ3v) is 13.8. The normalized spacial score (nSPS) is 13.7. The van der Waals surface area contributed by atoms with Crippen molar-refractivity contribution in [1.29, 1.82) is 0 Å². The van der Waals surface area contributed by atoms with Gasteiger partial charge in [0.25, 0.3) is 11.8 Å². The van der Waals surface area contributed by atoms with Crippen LogP contribution < -0.4 is 9.64 Å². The number of fused-ring (bicyclic) bond motifs is 1. The molecule has 0 bridgehead atoms. The molecule has 0 radical (unpaired) electrons. The molecule has 2 amide bonds. The monoisotopic (exact) mass is 537 g/mol. The van der Waals surface area contributed by atoms with Gasteiger partial charge in [0.1, 0.15) is 5.75 Å². The number of aryl methyl sites for hydroxylation is 1. The topological polar surface area (TPSA) is 72.9 Å². The van der Waals surface area contributed by atoms with E-state index in [0.717, 1.165) is 18.4 Å². The summed E-state index contributed by atoms with van der Waals surface area (Å²) in [5, 5.41) is 0. The minimum atomic E-state index is -1.92. The first kappa shape index (κ1) is 29.8. The number of unbranched alkanes of at least 4 members (excludes halogenated alkanes) is 1. The first-order chi connectivity index (χ1) is 18.0. The van der Waals surface area contributed by atoms with Crippen molar-refractivity contribution in [2.45, 2.75) is 97.2 Å². The maximum atomic E-state index is 13.3. The Morgan fingerprint density at radius 2 is 1.45 bits per heavy atom. The average Bonchev–Trinajstić information content (AvgIpc) is 3.11. The van der Waals surface area contributed by atoms with Crippen molar-refractivity contribution in [3.63, 3.8) is 0 Å². The lowest BCUT2D eigenvalue weighted by molar-refractivity contribution is -0.134. The molecule has 6 nitrogen and oxygen atoms in total. The number of carbonyl (C=O) groups is 3. The highest BCUT2D eigenvalue weighted by atomic mass is 28.4. The lowest BCUT2D eigenvalue weighted by Gasteiger charge is -2.42. The van der Waals surface area contributed by atoms with Crippen molar-refractivity contribution in [2.75, 3.05) is 11.5 Å². The summed E-state index contributed by atoms with van der Waals surface area (Å²) in [4.78, 5) is 39.9. The summed E-state index contributed by atoms with van der Waals surface area (Å²) in [6.45, 7) is 16.3. The van der Waals surface area contributed by atoms with Crippen molar-refractivity contribution in [1.82, 2.24) is 0 Å². The summed E-state index contributed by atoms with van der Waals surface area (Å²) in [7, 11) is -1.92. The summed E-state index contributed by atoms with van der Waals surface area (Å²) in [5.41, 5.74) is 3.73. The van der Waals surface area contributed by atoms with Crippen molar-refractivity contribution in [2.24, 2.45) is 0 Å². The number of nitrogens with zero attached hydrogens (tertiary/aromatic N) is 1. The molecular formula is C31H43NO5Si. The minimum absolute atomic E-state index is 0.304. The van der Waals surface area contributed by atoms with Gasteiger partial charge in [0.05, 0.1) is 16.8 Å². The lowest BCUT2D eigenvalue weighted by Crippen LogP contribution is -2.47. The van der Waals surface area contributed by atoms with Crippen LogP contribution in [0.25, 0.3) is 0 Å². The summed E-state index contributed by atoms with van der Waals surface area (Å²) in [5.74, 6) is -0.704. The van der Waals surface area contributed by atoms with Crippen LogP contribution in [-0.2, 0) is 15.6 Å². The summed E-state index contributed by atoms with van der Waals surface area (Å²) in [6, 6.07) is 12.1. The van der Waals surface area contributed by atoms with E-state index < -0.39 is 8.32 Å². The van der Waals surface area contributed by atoms with Crippen LogP contribution in [0, 0.1) is 0 Å². The zero-order valence-corrected chi connectivity index (χ0v) is 25.0. The molecule has 1 aliphatic rings. The van der Waals surface area contributed by atoms with E-state index in [2.05, 4.69) is 41.5 Å². The molecule has 0 aliphatic carbocycles. The maximum absolute atomic E-state index is 13.3. The van der Waals surface area contributed by atoms with E-state index in [-0.39, 0.29) is 17.8 Å². The van der Waals surface area contributed by atoms with Crippen molar-refractivity contribution >= 4 is 31.8 Å². The summed E-state index contributed by atoms with van der Waals surface area (Å²) < 4.78 is 12.2. The Bertz CT molecular complexity index is 1100. The molecule has 0 unspecified atom stereocenters. The first-order valence-electron chi connectivity index (χ1n) is 14.0. The molecule has 206 valence electrons. The highest BCUT2D eigenvalue weighted by Crippen LogP contribution is 2.42. The van der Waals surface area contributed by atoms with E-state index >= 15 is 0 Å². The fraction of sp³-hybridized carbons (Fsp3) is 0.516. The lowest BCUT2D eigenvalue weighted by atomic mass is 10.0. The van der Waals surface area contributed by atoms with E-state index in [4.69, 9.17) is 9.16 Å². The Kier molecular flexibility index (Phi) is 10.1. The smallest absolute Gasteiger partial charge is 0.311 e. The molecule has 38 heavy (non-hydrogen) atoms. The molecule has 3 rings (SSSR count). The van der Waals surface area contributed by atoms with Gasteiger partial charge in [-0.2, -0.15) is 0 Å². The summed E-state index contributed by atoms with van der Waals surface area (Å²) >= 11 is 0. The second kappa shape index (κ2) is 12.9. The standard InChI is InChI=1S/C31H43NO5Si/c1-8-13-29(33)37-25-18-17-24(14-11-12-19-36-38(21(2)3,22(4)5)23(6)7)28(20-25)32-30(34)26-15-9-10-16-27(26)31(32)35/h9-10,15-18,20-23H,8,11-14,19H2,1-7H3. The largest absolute Gasteiger partial charge is 0.426 e. The Balaban J connectivity index is 1.80. The van der Waals surface area contributed by atoms with Gasteiger partial charge >= 0.3 is 5.97 Å². The second-order valence-corrected chi connectivity index (χ2v) is 16.6. The zero-order valence-electron chi connectivity index (χ0n) is 24.0. The number of hydrogen-bond donors (Lipinski definition) is 0. The highest BCUT2D eigenvalue weighted by Gasteiger charge is 2.44. The molecule has 0 fully saturated rings. The number of amides is 2. The molecule has 0 saturated heterocycles. The number of esters is 1. The molecule has 0 saturated carbocycles. The Morgan fingerprint density at radius 1 is 0.868 bits per heavy atom. The van der Waals surface area contributed by atoms with Crippen molar-refractivity contribution < 1.29 is 23.5 Å². The van der Waals surface area contributed by atoms with Crippen LogP contribution in [0.2, 0.25) is 16.6 Å². The SMILES string of the molecule is CCCC(=O)Oc1ccc(CCCCO[Si](C(C)C)(C(C)C)C(C)C)c(N2C(=O)c3ccccc3C2=O)c1. The van der Waals surface area contributed by atoms with Crippen LogP contribution in [0.3, 0.4) is 0 Å². The fourth-order valence-corrected chi connectivity index (χ4v) is 11.5. The van der Waals surface area contributed by atoms with Gasteiger partial charge in [-0.1, -0.05) is 66.7 Å². The third-order valence-electron chi connectivity index (χ3n) is 7.68. The third kappa shape index (κ3) is 6.10. The molecular weight excluding hydrogens is 494 g/mol. The number of rotatable bonds is 13. The Morgan fingerprint density at radius 3 is 1.97 bits per heavy atom. The van der Waals surface area contributed by atoms with Crippen molar-refractivity contribution in [3.8, 4) is 5.75 Å². The molecule has 0 aromatic heterocycles. The predicted molar refractivity (Wildman–Crippen MR) is 155 cm³/mol. The van der Waals surface area contributed by atoms with Crippen molar-refractivity contribution in [3.05, 3.63) is 59.2 Å². The van der Waals surface area contributed by atoms with Gasteiger partial charge in [-0.25, -0.2) is 4.90 Å². The van der Waals surface area contributed by atoms with Crippen LogP contribution >= 0.6 is 0 Å². The average molecular weight is 538 g/mol. The number of benzene rings is 2. The van der Waals surface area contributed by atoms with Crippen LogP contribution in [0.5, 0.6) is 5.75 Å². The van der Waals surface area contributed by atoms with Gasteiger partial charge in [-0.05, 0) is 66.1 Å². The molecule has 0 N–H and O–H groups in total. The van der Waals surface area contributed by atoms with E-state index in [0.29, 0.717) is 65.1 Å². The van der Waals surface area contributed by atoms with Gasteiger partial charge < -0.3 is 9.16 Å². The molecule has 2 aromatic carbocycles. The van der Waals surface area contributed by atoms with E-state index in [1.165, 1.54) is 4.90 Å². The van der Waals surface area contributed by atoms with E-state index in [1.807, 2.05) is 13.0 Å². The number of ether oxygens (including phenoxy) is 1. The van der Waals surface area contributed by atoms with E-state index in [9.17, 15) is 14.4 Å². The minimum Gasteiger partial charge on any atom is -0.426 e. The fourth-order valence-electron chi connectivity index (χ4n) is 5.99. The van der Waals surface area contributed by atoms with Crippen LogP contribution in [-0.4, -0.2) is 32.7 Å². The second-order valence-electron chi connectivity index (χ2n) is 11.1.